The Morgan fingerprint density at radius 2 is 2.36 bits per heavy atom. The van der Waals surface area contributed by atoms with E-state index in [9.17, 15) is 4.79 Å². The van der Waals surface area contributed by atoms with E-state index in [4.69, 9.17) is 4.74 Å². The largest absolute Gasteiger partial charge is 0.481 e. The minimum Gasteiger partial charge on any atom is -0.481 e. The summed E-state index contributed by atoms with van der Waals surface area (Å²) in [6, 6.07) is 1.68. The number of alkyl halides is 1. The number of amides is 1. The predicted octanol–water partition coefficient (Wildman–Crippen LogP) is 1.13. The Bertz CT molecular complexity index is 343. The van der Waals surface area contributed by atoms with Gasteiger partial charge in [0.05, 0.1) is 12.4 Å². The Morgan fingerprint density at radius 1 is 1.64 bits per heavy atom. The summed E-state index contributed by atoms with van der Waals surface area (Å²) in [6.07, 6.45) is 0. The molecule has 0 aromatic carbocycles. The Morgan fingerprint density at radius 3 is 2.93 bits per heavy atom. The number of methoxy groups -OCH3 is 1. The van der Waals surface area contributed by atoms with Crippen LogP contribution in [0.15, 0.2) is 6.07 Å². The molecule has 0 spiro atoms. The van der Waals surface area contributed by atoms with Crippen molar-refractivity contribution in [2.45, 2.75) is 6.92 Å². The summed E-state index contributed by atoms with van der Waals surface area (Å²) in [6.45, 7) is 1.80. The van der Waals surface area contributed by atoms with E-state index >= 15 is 0 Å². The van der Waals surface area contributed by atoms with Crippen molar-refractivity contribution < 1.29 is 9.53 Å². The van der Waals surface area contributed by atoms with Gasteiger partial charge >= 0.3 is 0 Å². The first kappa shape index (κ1) is 10.9. The molecule has 76 valence electrons. The second-order valence-electron chi connectivity index (χ2n) is 2.56. The number of aryl methyl sites for hydroxylation is 1. The minimum absolute atomic E-state index is 0.197. The van der Waals surface area contributed by atoms with Crippen LogP contribution in [0.2, 0.25) is 0 Å². The maximum atomic E-state index is 11.0. The SMILES string of the molecule is COc1cc(C)nc(NC(=O)CBr)n1. The third kappa shape index (κ3) is 2.95. The highest BCUT2D eigenvalue weighted by molar-refractivity contribution is 9.09. The van der Waals surface area contributed by atoms with Gasteiger partial charge in [-0.05, 0) is 6.92 Å². The Hall–Kier alpha value is -1.17. The molecular formula is C8H10BrN3O2. The maximum Gasteiger partial charge on any atom is 0.237 e. The highest BCUT2D eigenvalue weighted by Crippen LogP contribution is 2.10. The van der Waals surface area contributed by atoms with Crippen molar-refractivity contribution in [1.82, 2.24) is 9.97 Å². The first-order chi connectivity index (χ1) is 6.65. The van der Waals surface area contributed by atoms with Gasteiger partial charge in [0.25, 0.3) is 0 Å². The minimum atomic E-state index is -0.197. The van der Waals surface area contributed by atoms with Gasteiger partial charge in [-0.25, -0.2) is 4.98 Å². The molecule has 0 saturated carbocycles. The molecule has 0 radical (unpaired) electrons. The molecule has 6 heteroatoms. The van der Waals surface area contributed by atoms with Crippen molar-refractivity contribution in [3.05, 3.63) is 11.8 Å². The lowest BCUT2D eigenvalue weighted by Gasteiger charge is -2.04. The molecule has 1 aromatic rings. The van der Waals surface area contributed by atoms with Gasteiger partial charge in [0, 0.05) is 11.8 Å². The number of nitrogens with zero attached hydrogens (tertiary/aromatic N) is 2. The average Bonchev–Trinajstić information content (AvgIpc) is 2.16. The number of halogens is 1. The zero-order chi connectivity index (χ0) is 10.6. The number of hydrogen-bond donors (Lipinski definition) is 1. The highest BCUT2D eigenvalue weighted by Gasteiger charge is 2.05. The van der Waals surface area contributed by atoms with Crippen molar-refractivity contribution in [2.75, 3.05) is 17.8 Å². The molecule has 1 N–H and O–H groups in total. The fourth-order valence-electron chi connectivity index (χ4n) is 0.858. The zero-order valence-corrected chi connectivity index (χ0v) is 9.46. The van der Waals surface area contributed by atoms with Crippen LogP contribution < -0.4 is 10.1 Å². The predicted molar refractivity (Wildman–Crippen MR) is 55.7 cm³/mol. The number of rotatable bonds is 3. The second kappa shape index (κ2) is 4.90. The van der Waals surface area contributed by atoms with E-state index in [0.29, 0.717) is 5.88 Å². The number of aromatic nitrogens is 2. The van der Waals surface area contributed by atoms with Crippen LogP contribution in [-0.4, -0.2) is 28.3 Å². The standard InChI is InChI=1S/C8H10BrN3O2/c1-5-3-7(14-2)12-8(10-5)11-6(13)4-9/h3H,4H2,1-2H3,(H,10,11,12,13). The van der Waals surface area contributed by atoms with Gasteiger partial charge in [0.15, 0.2) is 0 Å². The molecule has 0 aliphatic carbocycles. The number of carbonyl (C=O) groups is 1. The summed E-state index contributed by atoms with van der Waals surface area (Å²) >= 11 is 3.03. The fourth-order valence-corrected chi connectivity index (χ4v) is 0.998. The molecule has 0 aliphatic rings. The van der Waals surface area contributed by atoms with Gasteiger partial charge in [0.1, 0.15) is 0 Å². The normalized spacial score (nSPS) is 9.64. The summed E-state index contributed by atoms with van der Waals surface area (Å²) in [4.78, 5) is 19.0. The van der Waals surface area contributed by atoms with Gasteiger partial charge < -0.3 is 4.74 Å². The molecule has 0 atom stereocenters. The summed E-state index contributed by atoms with van der Waals surface area (Å²) in [7, 11) is 1.51. The molecule has 0 bridgehead atoms. The van der Waals surface area contributed by atoms with Crippen molar-refractivity contribution in [2.24, 2.45) is 0 Å². The molecule has 1 heterocycles. The summed E-state index contributed by atoms with van der Waals surface area (Å²) < 4.78 is 4.94. The molecular weight excluding hydrogens is 250 g/mol. The van der Waals surface area contributed by atoms with Crippen LogP contribution in [0.5, 0.6) is 5.88 Å². The van der Waals surface area contributed by atoms with E-state index in [0.717, 1.165) is 5.69 Å². The monoisotopic (exact) mass is 259 g/mol. The van der Waals surface area contributed by atoms with Crippen LogP contribution in [0.3, 0.4) is 0 Å². The lowest BCUT2D eigenvalue weighted by Crippen LogP contribution is -2.15. The van der Waals surface area contributed by atoms with Crippen molar-refractivity contribution in [3.63, 3.8) is 0 Å². The highest BCUT2D eigenvalue weighted by atomic mass is 79.9. The van der Waals surface area contributed by atoms with Crippen LogP contribution in [0.1, 0.15) is 5.69 Å². The Labute approximate surface area is 90.0 Å². The van der Waals surface area contributed by atoms with Gasteiger partial charge in [0.2, 0.25) is 17.7 Å². The van der Waals surface area contributed by atoms with Crippen molar-refractivity contribution in [3.8, 4) is 5.88 Å². The molecule has 1 rings (SSSR count). The average molecular weight is 260 g/mol. The van der Waals surface area contributed by atoms with E-state index in [1.165, 1.54) is 7.11 Å². The lowest BCUT2D eigenvalue weighted by atomic mass is 10.4. The molecule has 5 nitrogen and oxygen atoms in total. The summed E-state index contributed by atoms with van der Waals surface area (Å²) in [5.41, 5.74) is 0.738. The number of carbonyl (C=O) groups excluding carboxylic acids is 1. The molecule has 1 aromatic heterocycles. The smallest absolute Gasteiger partial charge is 0.237 e. The fraction of sp³-hybridized carbons (Fsp3) is 0.375. The van der Waals surface area contributed by atoms with E-state index < -0.39 is 0 Å². The molecule has 0 unspecified atom stereocenters. The van der Waals surface area contributed by atoms with Gasteiger partial charge in [-0.15, -0.1) is 0 Å². The Balaban J connectivity index is 2.86. The number of anilines is 1. The Kier molecular flexibility index (Phi) is 3.82. The van der Waals surface area contributed by atoms with E-state index in [1.54, 1.807) is 13.0 Å². The first-order valence-corrected chi connectivity index (χ1v) is 5.03. The maximum absolute atomic E-state index is 11.0. The quantitative estimate of drug-likeness (QED) is 0.827. The van der Waals surface area contributed by atoms with Crippen LogP contribution in [0.25, 0.3) is 0 Å². The molecule has 0 saturated heterocycles. The number of hydrogen-bond acceptors (Lipinski definition) is 4. The van der Waals surface area contributed by atoms with Gasteiger partial charge in [-0.3, -0.25) is 10.1 Å². The molecule has 0 aliphatic heterocycles. The number of ether oxygens (including phenoxy) is 1. The third-order valence-corrected chi connectivity index (χ3v) is 1.92. The van der Waals surface area contributed by atoms with Gasteiger partial charge in [-0.2, -0.15) is 4.98 Å². The zero-order valence-electron chi connectivity index (χ0n) is 7.87. The van der Waals surface area contributed by atoms with Crippen LogP contribution in [0.4, 0.5) is 5.95 Å². The molecule has 14 heavy (non-hydrogen) atoms. The van der Waals surface area contributed by atoms with Crippen LogP contribution >= 0.6 is 15.9 Å². The van der Waals surface area contributed by atoms with Crippen LogP contribution in [0, 0.1) is 6.92 Å². The summed E-state index contributed by atoms with van der Waals surface area (Å²) in [5, 5.41) is 2.73. The molecule has 0 fully saturated rings. The van der Waals surface area contributed by atoms with Crippen molar-refractivity contribution >= 4 is 27.8 Å². The first-order valence-electron chi connectivity index (χ1n) is 3.91. The second-order valence-corrected chi connectivity index (χ2v) is 3.12. The molecule has 1 amide bonds. The van der Waals surface area contributed by atoms with Crippen molar-refractivity contribution in [1.29, 1.82) is 0 Å². The van der Waals surface area contributed by atoms with Crippen LogP contribution in [-0.2, 0) is 4.79 Å². The van der Waals surface area contributed by atoms with E-state index in [1.807, 2.05) is 0 Å². The summed E-state index contributed by atoms with van der Waals surface area (Å²) in [5.74, 6) is 0.492. The third-order valence-electron chi connectivity index (χ3n) is 1.41. The lowest BCUT2D eigenvalue weighted by molar-refractivity contribution is -0.113. The van der Waals surface area contributed by atoms with Gasteiger partial charge in [-0.1, -0.05) is 15.9 Å². The van der Waals surface area contributed by atoms with E-state index in [-0.39, 0.29) is 17.2 Å². The topological polar surface area (TPSA) is 64.1 Å². The van der Waals surface area contributed by atoms with E-state index in [2.05, 4.69) is 31.2 Å². The number of nitrogens with one attached hydrogen (secondary N) is 1.